The summed E-state index contributed by atoms with van der Waals surface area (Å²) in [4.78, 5) is 26.2. The fourth-order valence-electron chi connectivity index (χ4n) is 2.26. The van der Waals surface area contributed by atoms with E-state index in [1.807, 2.05) is 0 Å². The Bertz CT molecular complexity index is 574. The van der Waals surface area contributed by atoms with Gasteiger partial charge in [-0.05, 0) is 12.1 Å². The zero-order valence-corrected chi connectivity index (χ0v) is 10.9. The molecular formula is C13H14N2O5. The van der Waals surface area contributed by atoms with Gasteiger partial charge in [0.05, 0.1) is 24.5 Å². The van der Waals surface area contributed by atoms with Crippen molar-refractivity contribution in [3.8, 4) is 5.75 Å². The van der Waals surface area contributed by atoms with Gasteiger partial charge in [0.2, 0.25) is 0 Å². The molecule has 1 saturated heterocycles. The Labute approximate surface area is 115 Å². The molecule has 2 aliphatic rings. The van der Waals surface area contributed by atoms with Crippen LogP contribution in [0.15, 0.2) is 18.2 Å². The number of hydrogen-bond donors (Lipinski definition) is 1. The van der Waals surface area contributed by atoms with E-state index in [4.69, 9.17) is 14.6 Å². The topological polar surface area (TPSA) is 79.3 Å². The minimum Gasteiger partial charge on any atom is -0.481 e. The van der Waals surface area contributed by atoms with Crippen LogP contribution in [0.2, 0.25) is 0 Å². The minimum absolute atomic E-state index is 0.0172. The number of nitrogens with zero attached hydrogens (tertiary/aromatic N) is 2. The summed E-state index contributed by atoms with van der Waals surface area (Å²) in [6.45, 7) is 0.0699. The number of carbonyl (C=O) groups is 2. The largest absolute Gasteiger partial charge is 0.481 e. The molecule has 3 rings (SSSR count). The number of ether oxygens (including phenoxy) is 2. The van der Waals surface area contributed by atoms with Gasteiger partial charge in [-0.1, -0.05) is 0 Å². The van der Waals surface area contributed by atoms with Gasteiger partial charge in [0.1, 0.15) is 11.9 Å². The Morgan fingerprint density at radius 3 is 2.90 bits per heavy atom. The van der Waals surface area contributed by atoms with Crippen LogP contribution in [0.5, 0.6) is 5.75 Å². The molecule has 106 valence electrons. The van der Waals surface area contributed by atoms with Crippen molar-refractivity contribution in [2.45, 2.75) is 6.10 Å². The molecule has 2 heterocycles. The number of benzene rings is 1. The number of anilines is 2. The minimum atomic E-state index is -0.510. The van der Waals surface area contributed by atoms with Crippen LogP contribution in [0.3, 0.4) is 0 Å². The Morgan fingerprint density at radius 2 is 2.20 bits per heavy atom. The monoisotopic (exact) mass is 278 g/mol. The second-order valence-corrected chi connectivity index (χ2v) is 4.69. The highest BCUT2D eigenvalue weighted by Crippen LogP contribution is 2.35. The number of carbonyl (C=O) groups excluding carboxylic acids is 2. The molecule has 1 aromatic carbocycles. The zero-order valence-electron chi connectivity index (χ0n) is 10.9. The van der Waals surface area contributed by atoms with Crippen LogP contribution >= 0.6 is 0 Å². The number of aliphatic hydroxyl groups is 1. The van der Waals surface area contributed by atoms with Gasteiger partial charge in [0.25, 0.3) is 5.91 Å². The van der Waals surface area contributed by atoms with Crippen LogP contribution in [-0.2, 0) is 9.53 Å². The number of rotatable bonds is 2. The maximum atomic E-state index is 11.7. The second kappa shape index (κ2) is 4.68. The van der Waals surface area contributed by atoms with Crippen molar-refractivity contribution in [1.29, 1.82) is 0 Å². The molecule has 0 bridgehead atoms. The van der Waals surface area contributed by atoms with Crippen LogP contribution < -0.4 is 14.5 Å². The molecule has 1 N–H and O–H groups in total. The predicted molar refractivity (Wildman–Crippen MR) is 70.0 cm³/mol. The molecule has 0 aliphatic carbocycles. The van der Waals surface area contributed by atoms with E-state index in [1.165, 1.54) is 9.80 Å². The summed E-state index contributed by atoms with van der Waals surface area (Å²) in [5.41, 5.74) is 1.28. The van der Waals surface area contributed by atoms with Gasteiger partial charge in [-0.15, -0.1) is 0 Å². The average molecular weight is 278 g/mol. The molecule has 0 spiro atoms. The normalized spacial score (nSPS) is 21.6. The van der Waals surface area contributed by atoms with Gasteiger partial charge in [-0.25, -0.2) is 4.79 Å². The molecule has 7 nitrogen and oxygen atoms in total. The lowest BCUT2D eigenvalue weighted by atomic mass is 10.2. The molecule has 2 amide bonds. The number of fused-ring (bicyclic) bond motifs is 1. The molecule has 1 atom stereocenters. The van der Waals surface area contributed by atoms with E-state index >= 15 is 0 Å². The van der Waals surface area contributed by atoms with Crippen LogP contribution in [0.1, 0.15) is 0 Å². The summed E-state index contributed by atoms with van der Waals surface area (Å²) >= 11 is 0. The third kappa shape index (κ3) is 1.96. The first-order valence-corrected chi connectivity index (χ1v) is 6.22. The summed E-state index contributed by atoms with van der Waals surface area (Å²) in [7, 11) is 1.68. The van der Waals surface area contributed by atoms with Crippen molar-refractivity contribution in [1.82, 2.24) is 0 Å². The highest BCUT2D eigenvalue weighted by Gasteiger charge is 2.33. The van der Waals surface area contributed by atoms with Crippen molar-refractivity contribution >= 4 is 23.4 Å². The lowest BCUT2D eigenvalue weighted by Crippen LogP contribution is -2.35. The van der Waals surface area contributed by atoms with Crippen LogP contribution in [-0.4, -0.2) is 50.0 Å². The lowest BCUT2D eigenvalue weighted by Gasteiger charge is -2.27. The van der Waals surface area contributed by atoms with Gasteiger partial charge >= 0.3 is 6.09 Å². The highest BCUT2D eigenvalue weighted by atomic mass is 16.6. The number of likely N-dealkylation sites (N-methyl/N-ethyl adjacent to an activating group) is 1. The summed E-state index contributed by atoms with van der Waals surface area (Å²) < 4.78 is 10.4. The highest BCUT2D eigenvalue weighted by molar-refractivity contribution is 5.98. The third-order valence-corrected chi connectivity index (χ3v) is 3.42. The number of aliphatic hydroxyl groups excluding tert-OH is 1. The fraction of sp³-hybridized carbons (Fsp3) is 0.385. The first-order chi connectivity index (χ1) is 9.60. The van der Waals surface area contributed by atoms with Crippen molar-refractivity contribution in [3.63, 3.8) is 0 Å². The zero-order chi connectivity index (χ0) is 14.3. The summed E-state index contributed by atoms with van der Waals surface area (Å²) in [6, 6.07) is 5.14. The molecule has 7 heteroatoms. The van der Waals surface area contributed by atoms with E-state index < -0.39 is 12.2 Å². The predicted octanol–water partition coefficient (Wildman–Crippen LogP) is 0.359. The first-order valence-electron chi connectivity index (χ1n) is 6.22. The van der Waals surface area contributed by atoms with E-state index in [9.17, 15) is 9.59 Å². The fourth-order valence-corrected chi connectivity index (χ4v) is 2.26. The molecule has 20 heavy (non-hydrogen) atoms. The van der Waals surface area contributed by atoms with Gasteiger partial charge in [-0.3, -0.25) is 9.69 Å². The van der Waals surface area contributed by atoms with E-state index in [0.29, 0.717) is 23.7 Å². The maximum Gasteiger partial charge on any atom is 0.414 e. The van der Waals surface area contributed by atoms with E-state index in [-0.39, 0.29) is 19.1 Å². The van der Waals surface area contributed by atoms with Crippen molar-refractivity contribution in [2.24, 2.45) is 0 Å². The lowest BCUT2D eigenvalue weighted by molar-refractivity contribution is -0.120. The molecule has 2 aliphatic heterocycles. The summed E-state index contributed by atoms with van der Waals surface area (Å²) in [5, 5.41) is 9.03. The number of cyclic esters (lactones) is 1. The molecule has 0 unspecified atom stereocenters. The average Bonchev–Trinajstić information content (AvgIpc) is 2.84. The van der Waals surface area contributed by atoms with Gasteiger partial charge in [0, 0.05) is 13.1 Å². The molecule has 0 aromatic heterocycles. The maximum absolute atomic E-state index is 11.7. The number of amides is 2. The van der Waals surface area contributed by atoms with Gasteiger partial charge in [0.15, 0.2) is 6.61 Å². The van der Waals surface area contributed by atoms with Crippen molar-refractivity contribution in [3.05, 3.63) is 18.2 Å². The van der Waals surface area contributed by atoms with E-state index in [2.05, 4.69) is 0 Å². The molecule has 1 aromatic rings. The molecule has 1 fully saturated rings. The van der Waals surface area contributed by atoms with E-state index in [1.54, 1.807) is 25.2 Å². The van der Waals surface area contributed by atoms with Crippen LogP contribution in [0.25, 0.3) is 0 Å². The Hall–Kier alpha value is -2.28. The van der Waals surface area contributed by atoms with Gasteiger partial charge in [-0.2, -0.15) is 0 Å². The molecule has 0 radical (unpaired) electrons. The van der Waals surface area contributed by atoms with Crippen molar-refractivity contribution < 1.29 is 24.2 Å². The molecular weight excluding hydrogens is 264 g/mol. The van der Waals surface area contributed by atoms with E-state index in [0.717, 1.165) is 0 Å². The first kappa shape index (κ1) is 12.7. The quantitative estimate of drug-likeness (QED) is 0.845. The summed E-state index contributed by atoms with van der Waals surface area (Å²) in [5.74, 6) is 0.427. The summed E-state index contributed by atoms with van der Waals surface area (Å²) in [6.07, 6.45) is -1.01. The van der Waals surface area contributed by atoms with Crippen LogP contribution in [0.4, 0.5) is 16.2 Å². The Kier molecular flexibility index (Phi) is 2.98. The van der Waals surface area contributed by atoms with Gasteiger partial charge < -0.3 is 19.5 Å². The SMILES string of the molecule is CN1C(=O)COc2cc(N3C[C@H](CO)OC3=O)ccc21. The smallest absolute Gasteiger partial charge is 0.414 e. The molecule has 0 saturated carbocycles. The Balaban J connectivity index is 1.90. The van der Waals surface area contributed by atoms with Crippen LogP contribution in [0, 0.1) is 0 Å². The standard InChI is InChI=1S/C13H14N2O5/c1-14-10-3-2-8(4-11(10)19-7-12(14)17)15-5-9(6-16)20-13(15)18/h2-4,9,16H,5-7H2,1H3/t9-/m1/s1. The van der Waals surface area contributed by atoms with Crippen molar-refractivity contribution in [2.75, 3.05) is 36.6 Å². The Morgan fingerprint density at radius 1 is 1.40 bits per heavy atom. The second-order valence-electron chi connectivity index (χ2n) is 4.69. The number of hydrogen-bond acceptors (Lipinski definition) is 5. The third-order valence-electron chi connectivity index (χ3n) is 3.42.